The van der Waals surface area contributed by atoms with E-state index in [9.17, 15) is 14.0 Å². The van der Waals surface area contributed by atoms with Crippen LogP contribution in [0.15, 0.2) is 53.3 Å². The monoisotopic (exact) mass is 314 g/mol. The number of carbonyl (C=O) groups excluding carboxylic acids is 1. The van der Waals surface area contributed by atoms with Crippen LogP contribution in [0, 0.1) is 5.82 Å². The van der Waals surface area contributed by atoms with Crippen LogP contribution >= 0.6 is 0 Å². The minimum Gasteiger partial charge on any atom is -0.336 e. The fourth-order valence-corrected chi connectivity index (χ4v) is 2.34. The van der Waals surface area contributed by atoms with E-state index in [-0.39, 0.29) is 24.8 Å². The number of imidazole rings is 1. The smallest absolute Gasteiger partial charge is 0.326 e. The van der Waals surface area contributed by atoms with Crippen LogP contribution in [-0.2, 0) is 6.54 Å². The number of nitrogens with one attached hydrogen (secondary N) is 3. The van der Waals surface area contributed by atoms with Crippen molar-refractivity contribution < 1.29 is 9.18 Å². The highest BCUT2D eigenvalue weighted by atomic mass is 19.1. The molecule has 0 atom stereocenters. The molecule has 3 aromatic rings. The number of hydrogen-bond donors (Lipinski definition) is 3. The molecule has 0 unspecified atom stereocenters. The first kappa shape index (κ1) is 14.8. The molecule has 2 amide bonds. The summed E-state index contributed by atoms with van der Waals surface area (Å²) < 4.78 is 14.6. The predicted octanol–water partition coefficient (Wildman–Crippen LogP) is 2.29. The molecule has 1 heterocycles. The lowest BCUT2D eigenvalue weighted by atomic mass is 10.3. The second kappa shape index (κ2) is 6.35. The van der Waals surface area contributed by atoms with Gasteiger partial charge in [0.1, 0.15) is 5.82 Å². The number of nitrogens with zero attached hydrogens (tertiary/aromatic N) is 1. The maximum absolute atomic E-state index is 13.1. The predicted molar refractivity (Wildman–Crippen MR) is 86.0 cm³/mol. The Hall–Kier alpha value is -3.09. The zero-order valence-corrected chi connectivity index (χ0v) is 12.2. The first-order chi connectivity index (χ1) is 11.1. The molecule has 0 fully saturated rings. The number of halogens is 1. The van der Waals surface area contributed by atoms with Gasteiger partial charge in [-0.2, -0.15) is 0 Å². The lowest BCUT2D eigenvalue weighted by Crippen LogP contribution is -2.33. The summed E-state index contributed by atoms with van der Waals surface area (Å²) in [6.45, 7) is 0.551. The number of amides is 2. The van der Waals surface area contributed by atoms with Crippen LogP contribution in [0.3, 0.4) is 0 Å². The van der Waals surface area contributed by atoms with Gasteiger partial charge in [-0.15, -0.1) is 0 Å². The van der Waals surface area contributed by atoms with Gasteiger partial charge in [0.15, 0.2) is 0 Å². The van der Waals surface area contributed by atoms with Gasteiger partial charge >= 0.3 is 11.7 Å². The van der Waals surface area contributed by atoms with Gasteiger partial charge in [-0.3, -0.25) is 4.57 Å². The zero-order valence-electron chi connectivity index (χ0n) is 12.2. The van der Waals surface area contributed by atoms with E-state index in [4.69, 9.17) is 0 Å². The molecule has 0 spiro atoms. The van der Waals surface area contributed by atoms with Crippen LogP contribution in [-0.4, -0.2) is 22.1 Å². The molecule has 2 aromatic carbocycles. The summed E-state index contributed by atoms with van der Waals surface area (Å²) >= 11 is 0. The molecule has 3 N–H and O–H groups in total. The average molecular weight is 314 g/mol. The van der Waals surface area contributed by atoms with Gasteiger partial charge in [0.2, 0.25) is 0 Å². The van der Waals surface area contributed by atoms with E-state index >= 15 is 0 Å². The molecule has 0 saturated heterocycles. The number of anilines is 1. The molecule has 0 aliphatic carbocycles. The highest BCUT2D eigenvalue weighted by Gasteiger charge is 2.08. The fraction of sp³-hybridized carbons (Fsp3) is 0.125. The summed E-state index contributed by atoms with van der Waals surface area (Å²) in [6.07, 6.45) is 0. The maximum atomic E-state index is 13.1. The third-order valence-corrected chi connectivity index (χ3v) is 3.39. The summed E-state index contributed by atoms with van der Waals surface area (Å²) in [7, 11) is 0. The molecule has 7 heteroatoms. The van der Waals surface area contributed by atoms with Gasteiger partial charge in [0.05, 0.1) is 11.0 Å². The van der Waals surface area contributed by atoms with E-state index in [1.54, 1.807) is 12.1 Å². The lowest BCUT2D eigenvalue weighted by Gasteiger charge is -2.08. The fourth-order valence-electron chi connectivity index (χ4n) is 2.34. The minimum absolute atomic E-state index is 0.267. The Labute approximate surface area is 130 Å². The van der Waals surface area contributed by atoms with Crippen molar-refractivity contribution in [3.8, 4) is 0 Å². The Morgan fingerprint density at radius 1 is 1.17 bits per heavy atom. The van der Waals surface area contributed by atoms with Gasteiger partial charge in [0.25, 0.3) is 0 Å². The van der Waals surface area contributed by atoms with Crippen molar-refractivity contribution in [2.24, 2.45) is 0 Å². The van der Waals surface area contributed by atoms with Crippen molar-refractivity contribution in [3.05, 3.63) is 64.8 Å². The third kappa shape index (κ3) is 3.39. The number of para-hydroxylation sites is 1. The Balaban J connectivity index is 1.62. The summed E-state index contributed by atoms with van der Waals surface area (Å²) in [6, 6.07) is 12.8. The normalized spacial score (nSPS) is 10.7. The number of carbonyl (C=O) groups is 1. The number of aromatic nitrogens is 2. The first-order valence-electron chi connectivity index (χ1n) is 7.11. The van der Waals surface area contributed by atoms with Gasteiger partial charge in [-0.1, -0.05) is 18.2 Å². The lowest BCUT2D eigenvalue weighted by molar-refractivity contribution is 0.251. The largest absolute Gasteiger partial charge is 0.336 e. The Bertz CT molecular complexity index is 886. The second-order valence-electron chi connectivity index (χ2n) is 4.99. The Morgan fingerprint density at radius 2 is 1.96 bits per heavy atom. The molecular weight excluding hydrogens is 299 g/mol. The maximum Gasteiger partial charge on any atom is 0.326 e. The average Bonchev–Trinajstić information content (AvgIpc) is 2.83. The highest BCUT2D eigenvalue weighted by molar-refractivity contribution is 5.89. The highest BCUT2D eigenvalue weighted by Crippen LogP contribution is 2.11. The molecule has 6 nitrogen and oxygen atoms in total. The molecule has 0 aliphatic heterocycles. The van der Waals surface area contributed by atoms with Crippen LogP contribution in [0.2, 0.25) is 0 Å². The van der Waals surface area contributed by atoms with Crippen LogP contribution < -0.4 is 16.3 Å². The molecule has 0 aliphatic rings. The van der Waals surface area contributed by atoms with Crippen molar-refractivity contribution in [2.45, 2.75) is 6.54 Å². The Kier molecular flexibility index (Phi) is 4.09. The molecule has 0 saturated carbocycles. The van der Waals surface area contributed by atoms with Gasteiger partial charge in [-0.25, -0.2) is 14.0 Å². The van der Waals surface area contributed by atoms with E-state index < -0.39 is 5.82 Å². The molecule has 0 bridgehead atoms. The first-order valence-corrected chi connectivity index (χ1v) is 7.11. The summed E-state index contributed by atoms with van der Waals surface area (Å²) in [4.78, 5) is 26.2. The number of benzene rings is 2. The van der Waals surface area contributed by atoms with Gasteiger partial charge in [0, 0.05) is 18.8 Å². The molecule has 118 valence electrons. The summed E-state index contributed by atoms with van der Waals surface area (Å²) in [5, 5.41) is 5.36. The van der Waals surface area contributed by atoms with E-state index in [0.29, 0.717) is 16.7 Å². The quantitative estimate of drug-likeness (QED) is 0.691. The van der Waals surface area contributed by atoms with Crippen molar-refractivity contribution >= 4 is 22.8 Å². The number of aromatic amines is 1. The van der Waals surface area contributed by atoms with Crippen LogP contribution in [0.1, 0.15) is 0 Å². The molecule has 1 aromatic heterocycles. The van der Waals surface area contributed by atoms with Crippen LogP contribution in [0.4, 0.5) is 14.9 Å². The SMILES string of the molecule is O=C(NCCn1c(=O)[nH]c2cc(F)ccc21)Nc1ccccc1. The number of H-pyrrole nitrogens is 1. The van der Waals surface area contributed by atoms with Crippen molar-refractivity contribution in [1.82, 2.24) is 14.9 Å². The molecule has 23 heavy (non-hydrogen) atoms. The van der Waals surface area contributed by atoms with E-state index in [1.807, 2.05) is 18.2 Å². The van der Waals surface area contributed by atoms with Crippen molar-refractivity contribution in [3.63, 3.8) is 0 Å². The Morgan fingerprint density at radius 3 is 2.74 bits per heavy atom. The van der Waals surface area contributed by atoms with Crippen LogP contribution in [0.25, 0.3) is 11.0 Å². The number of hydrogen-bond acceptors (Lipinski definition) is 2. The second-order valence-corrected chi connectivity index (χ2v) is 4.99. The van der Waals surface area contributed by atoms with E-state index in [0.717, 1.165) is 0 Å². The molecule has 3 rings (SSSR count). The summed E-state index contributed by atoms with van der Waals surface area (Å²) in [5.41, 5.74) is 1.38. The number of urea groups is 1. The van der Waals surface area contributed by atoms with Crippen molar-refractivity contribution in [2.75, 3.05) is 11.9 Å². The minimum atomic E-state index is -0.411. The molecule has 0 radical (unpaired) electrons. The van der Waals surface area contributed by atoms with Gasteiger partial charge < -0.3 is 15.6 Å². The van der Waals surface area contributed by atoms with E-state index in [1.165, 1.54) is 22.8 Å². The topological polar surface area (TPSA) is 78.9 Å². The van der Waals surface area contributed by atoms with Gasteiger partial charge in [-0.05, 0) is 30.3 Å². The molecular formula is C16H15FN4O2. The van der Waals surface area contributed by atoms with E-state index in [2.05, 4.69) is 15.6 Å². The number of rotatable bonds is 4. The number of fused-ring (bicyclic) bond motifs is 1. The van der Waals surface area contributed by atoms with Crippen molar-refractivity contribution in [1.29, 1.82) is 0 Å². The third-order valence-electron chi connectivity index (χ3n) is 3.39. The standard InChI is InChI=1S/C16H15FN4O2/c17-11-6-7-14-13(10-11)20-16(23)21(14)9-8-18-15(22)19-12-4-2-1-3-5-12/h1-7,10H,8-9H2,(H,20,23)(H2,18,19,22). The summed E-state index contributed by atoms with van der Waals surface area (Å²) in [5.74, 6) is -0.411. The van der Waals surface area contributed by atoms with Crippen LogP contribution in [0.5, 0.6) is 0 Å². The zero-order chi connectivity index (χ0) is 16.2.